The van der Waals surface area contributed by atoms with Crippen molar-refractivity contribution in [2.75, 3.05) is 6.54 Å². The maximum absolute atomic E-state index is 8.58. The molecule has 0 aliphatic heterocycles. The molecule has 0 bridgehead atoms. The highest BCUT2D eigenvalue weighted by atomic mass is 14.9. The summed E-state index contributed by atoms with van der Waals surface area (Å²) >= 11 is 0. The molecule has 1 aliphatic carbocycles. The van der Waals surface area contributed by atoms with Gasteiger partial charge in [-0.15, -0.1) is 6.42 Å². The molecule has 1 aliphatic rings. The van der Waals surface area contributed by atoms with Crippen LogP contribution in [-0.2, 0) is 0 Å². The molecule has 0 heterocycles. The van der Waals surface area contributed by atoms with Gasteiger partial charge in [-0.3, -0.25) is 5.32 Å². The van der Waals surface area contributed by atoms with E-state index in [4.69, 9.17) is 11.7 Å². The Hall–Kier alpha value is -0.990. The average molecular weight is 134 g/mol. The molecule has 0 spiro atoms. The Morgan fingerprint density at radius 3 is 2.80 bits per heavy atom. The fourth-order valence-corrected chi connectivity index (χ4v) is 0.916. The highest BCUT2D eigenvalue weighted by Crippen LogP contribution is 2.32. The van der Waals surface area contributed by atoms with E-state index in [2.05, 4.69) is 17.3 Å². The van der Waals surface area contributed by atoms with E-state index in [1.807, 2.05) is 0 Å². The summed E-state index contributed by atoms with van der Waals surface area (Å²) in [5, 5.41) is 11.6. The molecule has 0 saturated heterocycles. The van der Waals surface area contributed by atoms with Gasteiger partial charge in [-0.05, 0) is 18.8 Å². The molecule has 0 aromatic carbocycles. The van der Waals surface area contributed by atoms with Gasteiger partial charge < -0.3 is 0 Å². The van der Waals surface area contributed by atoms with Crippen LogP contribution in [0.25, 0.3) is 0 Å². The van der Waals surface area contributed by atoms with Crippen LogP contribution in [0.2, 0.25) is 0 Å². The molecule has 1 atom stereocenters. The van der Waals surface area contributed by atoms with Gasteiger partial charge in [-0.1, -0.05) is 5.92 Å². The van der Waals surface area contributed by atoms with Gasteiger partial charge in [0.15, 0.2) is 0 Å². The molecule has 0 amide bonds. The number of nitrogens with zero attached hydrogens (tertiary/aromatic N) is 1. The maximum atomic E-state index is 8.58. The maximum Gasteiger partial charge on any atom is 0.0988 e. The van der Waals surface area contributed by atoms with Gasteiger partial charge in [-0.2, -0.15) is 5.26 Å². The van der Waals surface area contributed by atoms with Gasteiger partial charge in [0.05, 0.1) is 18.7 Å². The van der Waals surface area contributed by atoms with Crippen LogP contribution in [0.5, 0.6) is 0 Å². The number of rotatable bonds is 3. The molecule has 1 fully saturated rings. The van der Waals surface area contributed by atoms with E-state index in [-0.39, 0.29) is 6.04 Å². The summed E-state index contributed by atoms with van der Waals surface area (Å²) in [7, 11) is 0. The highest BCUT2D eigenvalue weighted by molar-refractivity contribution is 5.02. The van der Waals surface area contributed by atoms with E-state index in [1.165, 1.54) is 12.8 Å². The van der Waals surface area contributed by atoms with Crippen LogP contribution >= 0.6 is 0 Å². The number of hydrogen-bond donors (Lipinski definition) is 1. The summed E-state index contributed by atoms with van der Waals surface area (Å²) in [6.07, 6.45) is 7.38. The van der Waals surface area contributed by atoms with Crippen LogP contribution in [0, 0.1) is 29.6 Å². The van der Waals surface area contributed by atoms with Crippen molar-refractivity contribution in [2.24, 2.45) is 5.92 Å². The first-order valence-electron chi connectivity index (χ1n) is 3.45. The molecular formula is C8H10N2. The van der Waals surface area contributed by atoms with Gasteiger partial charge >= 0.3 is 0 Å². The lowest BCUT2D eigenvalue weighted by molar-refractivity contribution is 0.586. The monoisotopic (exact) mass is 134 g/mol. The second kappa shape index (κ2) is 3.25. The summed E-state index contributed by atoms with van der Waals surface area (Å²) in [4.78, 5) is 0. The van der Waals surface area contributed by atoms with E-state index in [1.54, 1.807) is 0 Å². The summed E-state index contributed by atoms with van der Waals surface area (Å²) in [5.74, 6) is 3.02. The first-order valence-corrected chi connectivity index (χ1v) is 3.45. The standard InChI is InChI=1S/C8H10N2/c1-2-5-10-8(6-9)7-3-4-7/h1,7-8,10H,3-5H2. The number of terminal acetylenes is 1. The third-order valence-corrected chi connectivity index (χ3v) is 1.66. The number of hydrogen-bond acceptors (Lipinski definition) is 2. The molecule has 2 nitrogen and oxygen atoms in total. The van der Waals surface area contributed by atoms with Crippen LogP contribution in [0.4, 0.5) is 0 Å². The lowest BCUT2D eigenvalue weighted by Crippen LogP contribution is -2.29. The minimum atomic E-state index is -0.00366. The fourth-order valence-electron chi connectivity index (χ4n) is 0.916. The van der Waals surface area contributed by atoms with E-state index in [9.17, 15) is 0 Å². The molecule has 0 aromatic rings. The van der Waals surface area contributed by atoms with E-state index >= 15 is 0 Å². The third kappa shape index (κ3) is 1.76. The predicted octanol–water partition coefficient (Wildman–Crippen LogP) is 0.511. The van der Waals surface area contributed by atoms with Crippen molar-refractivity contribution in [3.63, 3.8) is 0 Å². The van der Waals surface area contributed by atoms with Crippen molar-refractivity contribution in [1.82, 2.24) is 5.32 Å². The predicted molar refractivity (Wildman–Crippen MR) is 39.0 cm³/mol. The van der Waals surface area contributed by atoms with Crippen LogP contribution in [0.1, 0.15) is 12.8 Å². The van der Waals surface area contributed by atoms with Gasteiger partial charge in [0.2, 0.25) is 0 Å². The summed E-state index contributed by atoms with van der Waals surface area (Å²) in [6.45, 7) is 0.509. The number of nitrogens with one attached hydrogen (secondary N) is 1. The smallest absolute Gasteiger partial charge is 0.0988 e. The van der Waals surface area contributed by atoms with Crippen molar-refractivity contribution in [2.45, 2.75) is 18.9 Å². The summed E-state index contributed by atoms with van der Waals surface area (Å²) < 4.78 is 0. The Morgan fingerprint density at radius 2 is 2.40 bits per heavy atom. The third-order valence-electron chi connectivity index (χ3n) is 1.66. The number of nitriles is 1. The van der Waals surface area contributed by atoms with Gasteiger partial charge in [0.1, 0.15) is 0 Å². The largest absolute Gasteiger partial charge is 0.291 e. The second-order valence-corrected chi connectivity index (χ2v) is 2.53. The lowest BCUT2D eigenvalue weighted by Gasteiger charge is -2.05. The highest BCUT2D eigenvalue weighted by Gasteiger charge is 2.30. The molecule has 0 radical (unpaired) electrons. The zero-order chi connectivity index (χ0) is 7.40. The van der Waals surface area contributed by atoms with Crippen molar-refractivity contribution in [3.05, 3.63) is 0 Å². The first kappa shape index (κ1) is 7.12. The minimum absolute atomic E-state index is 0.00366. The molecule has 1 rings (SSSR count). The molecule has 0 aromatic heterocycles. The van der Waals surface area contributed by atoms with Gasteiger partial charge in [0.25, 0.3) is 0 Å². The molecule has 10 heavy (non-hydrogen) atoms. The molecule has 52 valence electrons. The van der Waals surface area contributed by atoms with Crippen LogP contribution in [0.3, 0.4) is 0 Å². The van der Waals surface area contributed by atoms with Crippen LogP contribution in [-0.4, -0.2) is 12.6 Å². The Labute approximate surface area is 61.2 Å². The second-order valence-electron chi connectivity index (χ2n) is 2.53. The van der Waals surface area contributed by atoms with Crippen molar-refractivity contribution < 1.29 is 0 Å². The van der Waals surface area contributed by atoms with Crippen LogP contribution in [0.15, 0.2) is 0 Å². The normalized spacial score (nSPS) is 19.0. The Morgan fingerprint density at radius 1 is 1.70 bits per heavy atom. The lowest BCUT2D eigenvalue weighted by atomic mass is 10.2. The Bertz CT molecular complexity index is 180. The van der Waals surface area contributed by atoms with Gasteiger partial charge in [0, 0.05) is 0 Å². The zero-order valence-corrected chi connectivity index (χ0v) is 5.80. The van der Waals surface area contributed by atoms with E-state index in [0.717, 1.165) is 0 Å². The van der Waals surface area contributed by atoms with Gasteiger partial charge in [-0.25, -0.2) is 0 Å². The van der Waals surface area contributed by atoms with Crippen molar-refractivity contribution in [1.29, 1.82) is 5.26 Å². The molecule has 1 unspecified atom stereocenters. The molecule has 2 heteroatoms. The SMILES string of the molecule is C#CCNC(C#N)C1CC1. The molecule has 1 N–H and O–H groups in total. The fraction of sp³-hybridized carbons (Fsp3) is 0.625. The minimum Gasteiger partial charge on any atom is -0.291 e. The first-order chi connectivity index (χ1) is 4.88. The van der Waals surface area contributed by atoms with Crippen molar-refractivity contribution >= 4 is 0 Å². The van der Waals surface area contributed by atoms with E-state index in [0.29, 0.717) is 12.5 Å². The summed E-state index contributed by atoms with van der Waals surface area (Å²) in [5.41, 5.74) is 0. The molecular weight excluding hydrogens is 124 g/mol. The van der Waals surface area contributed by atoms with Crippen LogP contribution < -0.4 is 5.32 Å². The Kier molecular flexibility index (Phi) is 2.31. The molecule has 1 saturated carbocycles. The zero-order valence-electron chi connectivity index (χ0n) is 5.80. The topological polar surface area (TPSA) is 35.8 Å². The quantitative estimate of drug-likeness (QED) is 0.571. The van der Waals surface area contributed by atoms with Crippen molar-refractivity contribution in [3.8, 4) is 18.4 Å². The van der Waals surface area contributed by atoms with E-state index < -0.39 is 0 Å². The summed E-state index contributed by atoms with van der Waals surface area (Å²) in [6, 6.07) is 2.19. The average Bonchev–Trinajstić information content (AvgIpc) is 2.73. The Balaban J connectivity index is 2.22.